The highest BCUT2D eigenvalue weighted by molar-refractivity contribution is 5.94. The molecule has 2 aliphatic rings. The molecule has 2 aromatic carbocycles. The van der Waals surface area contributed by atoms with Crippen molar-refractivity contribution >= 4 is 28.6 Å². The average Bonchev–Trinajstić information content (AvgIpc) is 3.30. The topological polar surface area (TPSA) is 96.6 Å². The standard InChI is InChI=1S/C25H26F2N4O4/c1-2-31-20-8-6-16(11-21(20)35-24(31)34)28-23(33)13-30-12-17(15-5-7-18(26)19(27)10-15)25(14-30)9-3-4-22(32)29-25/h5-8,10-11,17H,2-4,9,12-14H2,1H3,(H,28,33)(H,29,32)/t17-,25+/m0/s1. The molecule has 1 aromatic heterocycles. The third-order valence-electron chi connectivity index (χ3n) is 7.01. The lowest BCUT2D eigenvalue weighted by Gasteiger charge is -2.39. The van der Waals surface area contributed by atoms with Crippen LogP contribution >= 0.6 is 0 Å². The van der Waals surface area contributed by atoms with E-state index in [0.29, 0.717) is 61.2 Å². The zero-order valence-corrected chi connectivity index (χ0v) is 19.3. The normalized spacial score (nSPS) is 22.6. The molecule has 3 aromatic rings. The first-order chi connectivity index (χ1) is 16.8. The monoisotopic (exact) mass is 484 g/mol. The van der Waals surface area contributed by atoms with Crippen LogP contribution in [0.15, 0.2) is 45.6 Å². The summed E-state index contributed by atoms with van der Waals surface area (Å²) in [5, 5.41) is 5.92. The molecule has 2 atom stereocenters. The summed E-state index contributed by atoms with van der Waals surface area (Å²) in [5.41, 5.74) is 1.48. The summed E-state index contributed by atoms with van der Waals surface area (Å²) >= 11 is 0. The number of nitrogens with one attached hydrogen (secondary N) is 2. The fourth-order valence-electron chi connectivity index (χ4n) is 5.47. The van der Waals surface area contributed by atoms with Crippen molar-refractivity contribution in [3.8, 4) is 0 Å². The van der Waals surface area contributed by atoms with Crippen LogP contribution in [0.5, 0.6) is 0 Å². The molecular formula is C25H26F2N4O4. The quantitative estimate of drug-likeness (QED) is 0.581. The predicted octanol–water partition coefficient (Wildman–Crippen LogP) is 2.97. The van der Waals surface area contributed by atoms with Gasteiger partial charge in [0.1, 0.15) is 0 Å². The molecule has 5 rings (SSSR count). The van der Waals surface area contributed by atoms with Crippen LogP contribution in [0.3, 0.4) is 0 Å². The number of hydrogen-bond acceptors (Lipinski definition) is 5. The van der Waals surface area contributed by atoms with Crippen LogP contribution in [0, 0.1) is 11.6 Å². The van der Waals surface area contributed by atoms with E-state index in [1.54, 1.807) is 24.3 Å². The Labute approximate surface area is 199 Å². The molecule has 2 saturated heterocycles. The fourth-order valence-corrected chi connectivity index (χ4v) is 5.47. The molecular weight excluding hydrogens is 458 g/mol. The molecule has 3 heterocycles. The van der Waals surface area contributed by atoms with E-state index < -0.39 is 22.9 Å². The Morgan fingerprint density at radius 1 is 1.20 bits per heavy atom. The van der Waals surface area contributed by atoms with Crippen molar-refractivity contribution in [2.45, 2.75) is 44.2 Å². The Kier molecular flexibility index (Phi) is 5.92. The van der Waals surface area contributed by atoms with Gasteiger partial charge in [0.2, 0.25) is 11.8 Å². The summed E-state index contributed by atoms with van der Waals surface area (Å²) < 4.78 is 34.3. The zero-order valence-electron chi connectivity index (χ0n) is 19.3. The van der Waals surface area contributed by atoms with Gasteiger partial charge in [0, 0.05) is 43.7 Å². The first-order valence-corrected chi connectivity index (χ1v) is 11.7. The SMILES string of the molecule is CCn1c(=O)oc2cc(NC(=O)CN3C[C@@H](c4ccc(F)c(F)c4)[C@@]4(CCCC(=O)N4)C3)ccc21. The van der Waals surface area contributed by atoms with Gasteiger partial charge in [-0.3, -0.25) is 19.1 Å². The van der Waals surface area contributed by atoms with Gasteiger partial charge in [0.15, 0.2) is 17.2 Å². The smallest absolute Gasteiger partial charge is 0.408 e. The second-order valence-corrected chi connectivity index (χ2v) is 9.30. The number of rotatable bonds is 5. The van der Waals surface area contributed by atoms with Gasteiger partial charge in [-0.2, -0.15) is 0 Å². The molecule has 35 heavy (non-hydrogen) atoms. The highest BCUT2D eigenvalue weighted by Crippen LogP contribution is 2.41. The Hall–Kier alpha value is -3.53. The molecule has 2 N–H and O–H groups in total. The molecule has 0 bridgehead atoms. The van der Waals surface area contributed by atoms with Crippen molar-refractivity contribution in [3.05, 3.63) is 64.1 Å². The number of carbonyl (C=O) groups excluding carboxylic acids is 2. The van der Waals surface area contributed by atoms with Gasteiger partial charge < -0.3 is 15.1 Å². The lowest BCUT2D eigenvalue weighted by molar-refractivity contribution is -0.125. The number of oxazole rings is 1. The first kappa shape index (κ1) is 23.2. The maximum absolute atomic E-state index is 14.0. The van der Waals surface area contributed by atoms with E-state index in [1.165, 1.54) is 10.6 Å². The van der Waals surface area contributed by atoms with Crippen LogP contribution < -0.4 is 16.4 Å². The van der Waals surface area contributed by atoms with Crippen molar-refractivity contribution in [1.82, 2.24) is 14.8 Å². The largest absolute Gasteiger partial charge is 0.419 e. The van der Waals surface area contributed by atoms with Crippen LogP contribution in [-0.2, 0) is 16.1 Å². The number of likely N-dealkylation sites (tertiary alicyclic amines) is 1. The summed E-state index contributed by atoms with van der Waals surface area (Å²) in [6, 6.07) is 8.85. The van der Waals surface area contributed by atoms with E-state index in [4.69, 9.17) is 4.42 Å². The Bertz CT molecular complexity index is 1370. The summed E-state index contributed by atoms with van der Waals surface area (Å²) in [7, 11) is 0. The van der Waals surface area contributed by atoms with Crippen LogP contribution in [0.2, 0.25) is 0 Å². The highest BCUT2D eigenvalue weighted by atomic mass is 19.2. The number of aryl methyl sites for hydroxylation is 1. The summed E-state index contributed by atoms with van der Waals surface area (Å²) in [6.07, 6.45) is 1.80. The van der Waals surface area contributed by atoms with Gasteiger partial charge in [-0.25, -0.2) is 13.6 Å². The third kappa shape index (κ3) is 4.34. The lowest BCUT2D eigenvalue weighted by Crippen LogP contribution is -2.56. The molecule has 8 nitrogen and oxygen atoms in total. The maximum atomic E-state index is 14.0. The number of nitrogens with zero attached hydrogens (tertiary/aromatic N) is 2. The molecule has 0 radical (unpaired) electrons. The van der Waals surface area contributed by atoms with Crippen molar-refractivity contribution in [1.29, 1.82) is 0 Å². The molecule has 0 saturated carbocycles. The molecule has 0 aliphatic carbocycles. The Morgan fingerprint density at radius 2 is 2.03 bits per heavy atom. The minimum absolute atomic E-state index is 0.0513. The number of benzene rings is 2. The summed E-state index contributed by atoms with van der Waals surface area (Å²) in [4.78, 5) is 39.0. The minimum atomic E-state index is -0.935. The molecule has 2 aliphatic heterocycles. The van der Waals surface area contributed by atoms with E-state index in [9.17, 15) is 23.2 Å². The second kappa shape index (κ2) is 8.92. The van der Waals surface area contributed by atoms with E-state index in [-0.39, 0.29) is 24.3 Å². The molecule has 1 spiro atoms. The van der Waals surface area contributed by atoms with Gasteiger partial charge >= 0.3 is 5.76 Å². The van der Waals surface area contributed by atoms with Gasteiger partial charge in [0.25, 0.3) is 0 Å². The fraction of sp³-hybridized carbons (Fsp3) is 0.400. The number of halogens is 2. The number of carbonyl (C=O) groups is 2. The Balaban J connectivity index is 1.34. The number of amides is 2. The van der Waals surface area contributed by atoms with E-state index in [2.05, 4.69) is 10.6 Å². The van der Waals surface area contributed by atoms with Crippen molar-refractivity contribution < 1.29 is 22.8 Å². The molecule has 2 amide bonds. The van der Waals surface area contributed by atoms with Gasteiger partial charge in [-0.05, 0) is 49.6 Å². The van der Waals surface area contributed by atoms with E-state index >= 15 is 0 Å². The summed E-state index contributed by atoms with van der Waals surface area (Å²) in [6.45, 7) is 3.20. The maximum Gasteiger partial charge on any atom is 0.419 e. The summed E-state index contributed by atoms with van der Waals surface area (Å²) in [5.74, 6) is -2.95. The minimum Gasteiger partial charge on any atom is -0.408 e. The van der Waals surface area contributed by atoms with Crippen LogP contribution in [0.4, 0.5) is 14.5 Å². The first-order valence-electron chi connectivity index (χ1n) is 11.7. The second-order valence-electron chi connectivity index (χ2n) is 9.30. The van der Waals surface area contributed by atoms with E-state index in [0.717, 1.165) is 6.07 Å². The van der Waals surface area contributed by atoms with Gasteiger partial charge in [-0.1, -0.05) is 6.07 Å². The molecule has 10 heteroatoms. The van der Waals surface area contributed by atoms with Crippen molar-refractivity contribution in [3.63, 3.8) is 0 Å². The molecule has 0 unspecified atom stereocenters. The number of anilines is 1. The van der Waals surface area contributed by atoms with Gasteiger partial charge in [-0.15, -0.1) is 0 Å². The predicted molar refractivity (Wildman–Crippen MR) is 125 cm³/mol. The van der Waals surface area contributed by atoms with Crippen LogP contribution in [0.25, 0.3) is 11.1 Å². The third-order valence-corrected chi connectivity index (χ3v) is 7.01. The zero-order chi connectivity index (χ0) is 24.7. The van der Waals surface area contributed by atoms with Crippen LogP contribution in [-0.4, -0.2) is 46.5 Å². The van der Waals surface area contributed by atoms with Crippen LogP contribution in [0.1, 0.15) is 37.7 Å². The average molecular weight is 485 g/mol. The number of hydrogen-bond donors (Lipinski definition) is 2. The number of piperidine rings is 1. The molecule has 184 valence electrons. The van der Waals surface area contributed by atoms with E-state index in [1.807, 2.05) is 11.8 Å². The van der Waals surface area contributed by atoms with Gasteiger partial charge in [0.05, 0.1) is 17.6 Å². The molecule has 2 fully saturated rings. The number of fused-ring (bicyclic) bond motifs is 1. The van der Waals surface area contributed by atoms with Crippen molar-refractivity contribution in [2.75, 3.05) is 25.0 Å². The lowest BCUT2D eigenvalue weighted by atomic mass is 9.76. The number of aromatic nitrogens is 1. The Morgan fingerprint density at radius 3 is 2.77 bits per heavy atom. The highest BCUT2D eigenvalue weighted by Gasteiger charge is 2.49. The van der Waals surface area contributed by atoms with Crippen molar-refractivity contribution in [2.24, 2.45) is 0 Å².